The number of ether oxygens (including phenoxy) is 1. The predicted molar refractivity (Wildman–Crippen MR) is 79.7 cm³/mol. The van der Waals surface area contributed by atoms with Gasteiger partial charge >= 0.3 is 6.09 Å². The molecular formula is C14H27N3O5. The van der Waals surface area contributed by atoms with E-state index in [0.29, 0.717) is 11.5 Å². The molecule has 0 spiro atoms. The molecule has 0 aliphatic heterocycles. The number of amides is 3. The Labute approximate surface area is 131 Å². The van der Waals surface area contributed by atoms with E-state index in [2.05, 4.69) is 10.9 Å². The van der Waals surface area contributed by atoms with Crippen LogP contribution in [0.1, 0.15) is 53.4 Å². The van der Waals surface area contributed by atoms with Gasteiger partial charge in [-0.15, -0.1) is 0 Å². The lowest BCUT2D eigenvalue weighted by Crippen LogP contribution is -2.48. The van der Waals surface area contributed by atoms with Gasteiger partial charge in [0, 0.05) is 0 Å². The molecule has 0 fully saturated rings. The molecule has 22 heavy (non-hydrogen) atoms. The number of hydroxylamine groups is 2. The van der Waals surface area contributed by atoms with E-state index >= 15 is 0 Å². The maximum Gasteiger partial charge on any atom is 0.426 e. The first-order valence-corrected chi connectivity index (χ1v) is 7.39. The first-order valence-electron chi connectivity index (χ1n) is 7.39. The molecule has 0 heterocycles. The standard InChI is InChI=1S/C14H27N3O5/c1-5-6-7-8-11(9-17(21)10-18)12(19)15-16-13(20)22-14(2,3)4/h10-11,21H,5-9H2,1-4H3,(H,15,19)(H,16,20). The lowest BCUT2D eigenvalue weighted by molar-refractivity contribution is -0.154. The first-order chi connectivity index (χ1) is 10.2. The van der Waals surface area contributed by atoms with Crippen LogP contribution in [0.4, 0.5) is 4.79 Å². The van der Waals surface area contributed by atoms with Crippen LogP contribution >= 0.6 is 0 Å². The summed E-state index contributed by atoms with van der Waals surface area (Å²) in [6.07, 6.45) is 2.68. The molecule has 0 aromatic rings. The highest BCUT2D eigenvalue weighted by Crippen LogP contribution is 2.11. The van der Waals surface area contributed by atoms with Gasteiger partial charge in [0.15, 0.2) is 0 Å². The minimum Gasteiger partial charge on any atom is -0.443 e. The van der Waals surface area contributed by atoms with Gasteiger partial charge in [0.05, 0.1) is 12.5 Å². The second-order valence-electron chi connectivity index (χ2n) is 6.04. The fraction of sp³-hybridized carbons (Fsp3) is 0.786. The average molecular weight is 317 g/mol. The van der Waals surface area contributed by atoms with E-state index in [1.54, 1.807) is 20.8 Å². The Morgan fingerprint density at radius 3 is 2.41 bits per heavy atom. The number of unbranched alkanes of at least 4 members (excludes halogenated alkanes) is 2. The Balaban J connectivity index is 4.41. The summed E-state index contributed by atoms with van der Waals surface area (Å²) < 4.78 is 4.99. The van der Waals surface area contributed by atoms with Crippen LogP contribution in [0.15, 0.2) is 0 Å². The second kappa shape index (κ2) is 9.99. The molecule has 0 saturated carbocycles. The van der Waals surface area contributed by atoms with Crippen molar-refractivity contribution in [2.45, 2.75) is 59.0 Å². The highest BCUT2D eigenvalue weighted by molar-refractivity contribution is 5.81. The molecular weight excluding hydrogens is 290 g/mol. The molecule has 0 aromatic heterocycles. The third-order valence-electron chi connectivity index (χ3n) is 2.74. The molecule has 0 rings (SSSR count). The van der Waals surface area contributed by atoms with E-state index in [0.717, 1.165) is 19.3 Å². The minimum atomic E-state index is -0.774. The zero-order chi connectivity index (χ0) is 17.2. The SMILES string of the molecule is CCCCCC(CN(O)C=O)C(=O)NNC(=O)OC(C)(C)C. The highest BCUT2D eigenvalue weighted by Gasteiger charge is 2.22. The van der Waals surface area contributed by atoms with Crippen molar-refractivity contribution >= 4 is 18.4 Å². The third-order valence-corrected chi connectivity index (χ3v) is 2.74. The van der Waals surface area contributed by atoms with Crippen molar-refractivity contribution in [3.05, 3.63) is 0 Å². The van der Waals surface area contributed by atoms with E-state index in [4.69, 9.17) is 4.74 Å². The largest absolute Gasteiger partial charge is 0.443 e. The van der Waals surface area contributed by atoms with Crippen molar-refractivity contribution in [3.63, 3.8) is 0 Å². The number of hydrogen-bond acceptors (Lipinski definition) is 5. The predicted octanol–water partition coefficient (Wildman–Crippen LogP) is 1.59. The number of carbonyl (C=O) groups excluding carboxylic acids is 3. The maximum atomic E-state index is 12.0. The van der Waals surface area contributed by atoms with E-state index in [-0.39, 0.29) is 13.0 Å². The molecule has 8 heteroatoms. The zero-order valence-electron chi connectivity index (χ0n) is 13.7. The zero-order valence-corrected chi connectivity index (χ0v) is 13.7. The van der Waals surface area contributed by atoms with Gasteiger partial charge in [-0.25, -0.2) is 15.3 Å². The Hall–Kier alpha value is -1.83. The number of rotatable bonds is 8. The summed E-state index contributed by atoms with van der Waals surface area (Å²) >= 11 is 0. The Morgan fingerprint density at radius 2 is 1.91 bits per heavy atom. The number of nitrogens with one attached hydrogen (secondary N) is 2. The van der Waals surface area contributed by atoms with Crippen molar-refractivity contribution in [2.24, 2.45) is 5.92 Å². The van der Waals surface area contributed by atoms with Crippen LogP contribution in [-0.4, -0.2) is 40.8 Å². The van der Waals surface area contributed by atoms with E-state index in [1.807, 2.05) is 6.92 Å². The molecule has 3 N–H and O–H groups in total. The molecule has 0 aromatic carbocycles. The van der Waals surface area contributed by atoms with Crippen LogP contribution in [0.3, 0.4) is 0 Å². The van der Waals surface area contributed by atoms with Gasteiger partial charge < -0.3 is 4.74 Å². The Morgan fingerprint density at radius 1 is 1.27 bits per heavy atom. The van der Waals surface area contributed by atoms with Gasteiger partial charge in [-0.2, -0.15) is 0 Å². The van der Waals surface area contributed by atoms with Crippen molar-refractivity contribution in [1.29, 1.82) is 0 Å². The molecule has 0 aliphatic carbocycles. The van der Waals surface area contributed by atoms with Crippen LogP contribution in [0.2, 0.25) is 0 Å². The van der Waals surface area contributed by atoms with E-state index in [1.165, 1.54) is 0 Å². The normalized spacial score (nSPS) is 12.2. The Kier molecular flexibility index (Phi) is 9.16. The maximum absolute atomic E-state index is 12.0. The quantitative estimate of drug-likeness (QED) is 0.273. The van der Waals surface area contributed by atoms with Crippen LogP contribution < -0.4 is 10.9 Å². The smallest absolute Gasteiger partial charge is 0.426 e. The summed E-state index contributed by atoms with van der Waals surface area (Å²) in [5, 5.41) is 9.66. The first kappa shape index (κ1) is 20.2. The molecule has 0 aliphatic rings. The van der Waals surface area contributed by atoms with Gasteiger partial charge in [0.2, 0.25) is 12.3 Å². The number of hydrazine groups is 1. The van der Waals surface area contributed by atoms with Gasteiger partial charge in [-0.1, -0.05) is 26.2 Å². The Bertz CT molecular complexity index is 368. The molecule has 1 unspecified atom stereocenters. The fourth-order valence-electron chi connectivity index (χ4n) is 1.73. The molecule has 0 saturated heterocycles. The molecule has 8 nitrogen and oxygen atoms in total. The second-order valence-corrected chi connectivity index (χ2v) is 6.04. The summed E-state index contributed by atoms with van der Waals surface area (Å²) in [5.41, 5.74) is 3.72. The van der Waals surface area contributed by atoms with Crippen LogP contribution in [0.5, 0.6) is 0 Å². The van der Waals surface area contributed by atoms with E-state index in [9.17, 15) is 19.6 Å². The monoisotopic (exact) mass is 317 g/mol. The third kappa shape index (κ3) is 9.98. The summed E-state index contributed by atoms with van der Waals surface area (Å²) in [4.78, 5) is 34.0. The van der Waals surface area contributed by atoms with Gasteiger partial charge in [0.25, 0.3) is 0 Å². The molecule has 3 amide bonds. The summed E-state index contributed by atoms with van der Waals surface area (Å²) in [5.74, 6) is -1.10. The van der Waals surface area contributed by atoms with Crippen LogP contribution in [0.25, 0.3) is 0 Å². The van der Waals surface area contributed by atoms with Crippen molar-refractivity contribution in [2.75, 3.05) is 6.54 Å². The lowest BCUT2D eigenvalue weighted by Gasteiger charge is -2.22. The van der Waals surface area contributed by atoms with Gasteiger partial charge in [0.1, 0.15) is 5.60 Å². The van der Waals surface area contributed by atoms with Gasteiger partial charge in [-0.05, 0) is 27.2 Å². The fourth-order valence-corrected chi connectivity index (χ4v) is 1.73. The molecule has 1 atom stereocenters. The average Bonchev–Trinajstić information content (AvgIpc) is 2.41. The number of hydrogen-bond donors (Lipinski definition) is 3. The summed E-state index contributed by atoms with van der Waals surface area (Å²) in [6.45, 7) is 7.01. The molecule has 0 radical (unpaired) electrons. The van der Waals surface area contributed by atoms with Crippen molar-refractivity contribution < 1.29 is 24.3 Å². The molecule has 0 bridgehead atoms. The minimum absolute atomic E-state index is 0.130. The topological polar surface area (TPSA) is 108 Å². The number of carbonyl (C=O) groups is 3. The van der Waals surface area contributed by atoms with Crippen LogP contribution in [0, 0.1) is 5.92 Å². The lowest BCUT2D eigenvalue weighted by atomic mass is 10.0. The van der Waals surface area contributed by atoms with Gasteiger partial charge in [-0.3, -0.25) is 20.2 Å². The summed E-state index contributed by atoms with van der Waals surface area (Å²) in [7, 11) is 0. The summed E-state index contributed by atoms with van der Waals surface area (Å²) in [6, 6.07) is 0. The van der Waals surface area contributed by atoms with Crippen molar-refractivity contribution in [3.8, 4) is 0 Å². The number of nitrogens with zero attached hydrogens (tertiary/aromatic N) is 1. The van der Waals surface area contributed by atoms with Crippen molar-refractivity contribution in [1.82, 2.24) is 15.9 Å². The van der Waals surface area contributed by atoms with Crippen LogP contribution in [-0.2, 0) is 14.3 Å². The molecule has 128 valence electrons. The van der Waals surface area contributed by atoms with E-state index < -0.39 is 23.5 Å². The highest BCUT2D eigenvalue weighted by atomic mass is 16.6.